The number of rotatable bonds is 7. The van der Waals surface area contributed by atoms with Crippen molar-refractivity contribution in [1.82, 2.24) is 14.8 Å². The fraction of sp³-hybridized carbons (Fsp3) is 0.391. The fourth-order valence-corrected chi connectivity index (χ4v) is 4.04. The number of hydrogen-bond acceptors (Lipinski definition) is 5. The second-order valence-corrected chi connectivity index (χ2v) is 8.23. The molecular weight excluding hydrogens is 396 g/mol. The quantitative estimate of drug-likeness (QED) is 0.482. The highest BCUT2D eigenvalue weighted by Gasteiger charge is 2.19. The van der Waals surface area contributed by atoms with E-state index < -0.39 is 0 Å². The molecule has 0 radical (unpaired) electrons. The van der Waals surface area contributed by atoms with Gasteiger partial charge in [-0.1, -0.05) is 20.8 Å². The molecule has 0 fully saturated rings. The van der Waals surface area contributed by atoms with Crippen molar-refractivity contribution in [2.75, 3.05) is 25.6 Å². The molecule has 3 aromatic rings. The van der Waals surface area contributed by atoms with Gasteiger partial charge in [0.1, 0.15) is 11.5 Å². The Bertz CT molecular complexity index is 1100. The maximum absolute atomic E-state index is 10.7. The zero-order chi connectivity index (χ0) is 22.0. The number of H-pyrrole nitrogens is 1. The molecule has 1 heterocycles. The molecule has 7 heteroatoms. The molecule has 0 aliphatic carbocycles. The zero-order valence-corrected chi connectivity index (χ0v) is 19.3. The van der Waals surface area contributed by atoms with Crippen molar-refractivity contribution in [3.8, 4) is 28.6 Å². The summed E-state index contributed by atoms with van der Waals surface area (Å²) in [5, 5.41) is 18.0. The first kappa shape index (κ1) is 21.9. The predicted octanol–water partition coefficient (Wildman–Crippen LogP) is 5.59. The minimum Gasteiger partial charge on any atom is -0.507 e. The molecule has 6 nitrogen and oxygen atoms in total. The number of phenols is 1. The third kappa shape index (κ3) is 4.07. The average molecular weight is 427 g/mol. The smallest absolute Gasteiger partial charge is 0.200 e. The fourth-order valence-electron chi connectivity index (χ4n) is 3.80. The van der Waals surface area contributed by atoms with Crippen LogP contribution in [0.25, 0.3) is 17.1 Å². The monoisotopic (exact) mass is 426 g/mol. The van der Waals surface area contributed by atoms with Crippen LogP contribution in [0.4, 0.5) is 5.69 Å². The Kier molecular flexibility index (Phi) is 6.51. The number of benzene rings is 2. The van der Waals surface area contributed by atoms with Gasteiger partial charge in [0.05, 0.1) is 24.0 Å². The van der Waals surface area contributed by atoms with Gasteiger partial charge in [-0.25, -0.2) is 0 Å². The third-order valence-corrected chi connectivity index (χ3v) is 5.58. The molecular formula is C23H30N4O2S. The van der Waals surface area contributed by atoms with Gasteiger partial charge in [-0.05, 0) is 72.9 Å². The molecule has 2 aromatic carbocycles. The van der Waals surface area contributed by atoms with Gasteiger partial charge in [-0.3, -0.25) is 9.67 Å². The number of phenolic OH excluding ortho intramolecular Hbond substituents is 1. The number of anilines is 1. The molecule has 160 valence electrons. The Balaban J connectivity index is 2.20. The van der Waals surface area contributed by atoms with Crippen molar-refractivity contribution in [3.63, 3.8) is 0 Å². The molecule has 3 rings (SSSR count). The standard InChI is InChI=1S/C23H30N4O2S/c1-7-10-26(5)19-12-16(8-9-21(19)29-6)27-22(24-25-23(27)30)18-13-17(14(2)3)15(4)11-20(18)28/h8-9,11-14,28H,7,10H2,1-6H3,(H,25,30). The van der Waals surface area contributed by atoms with E-state index in [1.807, 2.05) is 42.8 Å². The van der Waals surface area contributed by atoms with Crippen molar-refractivity contribution in [1.29, 1.82) is 0 Å². The Morgan fingerprint density at radius 2 is 2.00 bits per heavy atom. The molecule has 0 aliphatic rings. The van der Waals surface area contributed by atoms with Gasteiger partial charge in [0.15, 0.2) is 10.6 Å². The van der Waals surface area contributed by atoms with Crippen LogP contribution in [0.1, 0.15) is 44.2 Å². The van der Waals surface area contributed by atoms with Crippen LogP contribution in [0.2, 0.25) is 0 Å². The molecule has 0 saturated heterocycles. The minimum absolute atomic E-state index is 0.184. The van der Waals surface area contributed by atoms with Crippen molar-refractivity contribution in [2.24, 2.45) is 0 Å². The summed E-state index contributed by atoms with van der Waals surface area (Å²) in [6, 6.07) is 9.72. The minimum atomic E-state index is 0.184. The molecule has 0 saturated carbocycles. The number of nitrogens with zero attached hydrogens (tertiary/aromatic N) is 3. The lowest BCUT2D eigenvalue weighted by atomic mass is 9.95. The van der Waals surface area contributed by atoms with Gasteiger partial charge in [0.25, 0.3) is 0 Å². The Morgan fingerprint density at radius 3 is 2.63 bits per heavy atom. The maximum Gasteiger partial charge on any atom is 0.200 e. The number of nitrogens with one attached hydrogen (secondary N) is 1. The molecule has 1 aromatic heterocycles. The Hall–Kier alpha value is -2.80. The van der Waals surface area contributed by atoms with Gasteiger partial charge in [-0.2, -0.15) is 5.10 Å². The zero-order valence-electron chi connectivity index (χ0n) is 18.5. The van der Waals surface area contributed by atoms with E-state index in [0.717, 1.165) is 35.7 Å². The highest BCUT2D eigenvalue weighted by Crippen LogP contribution is 2.36. The van der Waals surface area contributed by atoms with Crippen LogP contribution in [0, 0.1) is 11.7 Å². The number of aromatic amines is 1. The van der Waals surface area contributed by atoms with Crippen LogP contribution in [0.5, 0.6) is 11.5 Å². The molecule has 0 atom stereocenters. The Morgan fingerprint density at radius 1 is 1.27 bits per heavy atom. The lowest BCUT2D eigenvalue weighted by Crippen LogP contribution is -2.18. The lowest BCUT2D eigenvalue weighted by molar-refractivity contribution is 0.415. The van der Waals surface area contributed by atoms with Crippen molar-refractivity contribution >= 4 is 17.9 Å². The second kappa shape index (κ2) is 8.92. The number of methoxy groups -OCH3 is 1. The van der Waals surface area contributed by atoms with Gasteiger partial charge in [0, 0.05) is 13.6 Å². The van der Waals surface area contributed by atoms with E-state index in [9.17, 15) is 5.11 Å². The molecule has 0 aliphatic heterocycles. The van der Waals surface area contributed by atoms with Gasteiger partial charge in [0.2, 0.25) is 0 Å². The van der Waals surface area contributed by atoms with Crippen molar-refractivity contribution < 1.29 is 9.84 Å². The molecule has 0 bridgehead atoms. The van der Waals surface area contributed by atoms with Crippen LogP contribution >= 0.6 is 12.2 Å². The molecule has 2 N–H and O–H groups in total. The van der Waals surface area contributed by atoms with E-state index in [-0.39, 0.29) is 5.75 Å². The van der Waals surface area contributed by atoms with Gasteiger partial charge >= 0.3 is 0 Å². The van der Waals surface area contributed by atoms with E-state index in [2.05, 4.69) is 35.9 Å². The van der Waals surface area contributed by atoms with E-state index in [1.54, 1.807) is 13.2 Å². The summed E-state index contributed by atoms with van der Waals surface area (Å²) in [6.07, 6.45) is 1.02. The van der Waals surface area contributed by atoms with E-state index >= 15 is 0 Å². The SMILES string of the molecule is CCCN(C)c1cc(-n2c(-c3cc(C(C)C)c(C)cc3O)n[nH]c2=S)ccc1OC. The van der Waals surface area contributed by atoms with Crippen LogP contribution in [0.15, 0.2) is 30.3 Å². The van der Waals surface area contributed by atoms with E-state index in [4.69, 9.17) is 17.0 Å². The number of aromatic hydroxyl groups is 1. The van der Waals surface area contributed by atoms with Crippen LogP contribution in [0.3, 0.4) is 0 Å². The third-order valence-electron chi connectivity index (χ3n) is 5.31. The van der Waals surface area contributed by atoms with Crippen molar-refractivity contribution in [3.05, 3.63) is 46.2 Å². The highest BCUT2D eigenvalue weighted by atomic mass is 32.1. The van der Waals surface area contributed by atoms with Crippen molar-refractivity contribution in [2.45, 2.75) is 40.0 Å². The summed E-state index contributed by atoms with van der Waals surface area (Å²) in [7, 11) is 3.71. The van der Waals surface area contributed by atoms with Crippen LogP contribution in [-0.4, -0.2) is 40.6 Å². The first-order valence-corrected chi connectivity index (χ1v) is 10.6. The van der Waals surface area contributed by atoms with Gasteiger partial charge in [-0.15, -0.1) is 0 Å². The summed E-state index contributed by atoms with van der Waals surface area (Å²) in [4.78, 5) is 2.16. The number of hydrogen-bond donors (Lipinski definition) is 2. The first-order chi connectivity index (χ1) is 14.3. The summed E-state index contributed by atoms with van der Waals surface area (Å²) < 4.78 is 7.88. The van der Waals surface area contributed by atoms with Crippen LogP contribution in [-0.2, 0) is 0 Å². The first-order valence-electron chi connectivity index (χ1n) is 10.2. The van der Waals surface area contributed by atoms with Gasteiger partial charge < -0.3 is 14.7 Å². The molecule has 0 spiro atoms. The molecule has 30 heavy (non-hydrogen) atoms. The van der Waals surface area contributed by atoms with E-state index in [1.165, 1.54) is 5.56 Å². The number of ether oxygens (including phenoxy) is 1. The largest absolute Gasteiger partial charge is 0.507 e. The summed E-state index contributed by atoms with van der Waals surface area (Å²) in [5.41, 5.74) is 4.70. The summed E-state index contributed by atoms with van der Waals surface area (Å²) >= 11 is 5.55. The highest BCUT2D eigenvalue weighted by molar-refractivity contribution is 7.71. The normalized spacial score (nSPS) is 11.2. The lowest BCUT2D eigenvalue weighted by Gasteiger charge is -2.22. The Labute approximate surface area is 183 Å². The summed E-state index contributed by atoms with van der Waals surface area (Å²) in [5.74, 6) is 1.89. The predicted molar refractivity (Wildman–Crippen MR) is 125 cm³/mol. The van der Waals surface area contributed by atoms with Crippen LogP contribution < -0.4 is 9.64 Å². The molecule has 0 amide bonds. The van der Waals surface area contributed by atoms with E-state index in [0.29, 0.717) is 22.1 Å². The second-order valence-electron chi connectivity index (χ2n) is 7.85. The molecule has 0 unspecified atom stereocenters. The number of aromatic nitrogens is 3. The average Bonchev–Trinajstić information content (AvgIpc) is 3.08. The maximum atomic E-state index is 10.7. The number of aryl methyl sites for hydroxylation is 1. The summed E-state index contributed by atoms with van der Waals surface area (Å²) in [6.45, 7) is 9.33. The topological polar surface area (TPSA) is 66.3 Å².